The molecule has 0 bridgehead atoms. The molecule has 1 atom stereocenters. The lowest BCUT2D eigenvalue weighted by molar-refractivity contribution is 0.166. The second-order valence-corrected chi connectivity index (χ2v) is 2.99. The smallest absolute Gasteiger partial charge is 0.140 e. The molecule has 0 spiro atoms. The van der Waals surface area contributed by atoms with Crippen LogP contribution >= 0.6 is 0 Å². The molecule has 0 amide bonds. The third-order valence-electron chi connectivity index (χ3n) is 1.94. The molecule has 5 nitrogen and oxygen atoms in total. The van der Waals surface area contributed by atoms with Gasteiger partial charge in [-0.2, -0.15) is 5.10 Å². The van der Waals surface area contributed by atoms with Gasteiger partial charge in [-0.1, -0.05) is 6.92 Å². The SMILES string of the molecule is CCC(O)CNCc1ncnn1C. The van der Waals surface area contributed by atoms with Crippen molar-refractivity contribution in [1.82, 2.24) is 20.1 Å². The van der Waals surface area contributed by atoms with Crippen LogP contribution in [-0.4, -0.2) is 32.5 Å². The van der Waals surface area contributed by atoms with Gasteiger partial charge in [-0.15, -0.1) is 0 Å². The zero-order valence-corrected chi connectivity index (χ0v) is 8.06. The van der Waals surface area contributed by atoms with Crippen molar-refractivity contribution >= 4 is 0 Å². The van der Waals surface area contributed by atoms with Crippen LogP contribution in [0.15, 0.2) is 6.33 Å². The Morgan fingerprint density at radius 3 is 3.00 bits per heavy atom. The third kappa shape index (κ3) is 3.12. The normalized spacial score (nSPS) is 13.2. The summed E-state index contributed by atoms with van der Waals surface area (Å²) in [6.07, 6.45) is 2.02. The number of nitrogens with one attached hydrogen (secondary N) is 1. The van der Waals surface area contributed by atoms with E-state index in [2.05, 4.69) is 15.4 Å². The Balaban J connectivity index is 2.24. The lowest BCUT2D eigenvalue weighted by Crippen LogP contribution is -2.26. The van der Waals surface area contributed by atoms with Crippen LogP contribution in [-0.2, 0) is 13.6 Å². The summed E-state index contributed by atoms with van der Waals surface area (Å²) in [6.45, 7) is 3.20. The summed E-state index contributed by atoms with van der Waals surface area (Å²) < 4.78 is 1.71. The molecule has 0 aliphatic rings. The molecule has 74 valence electrons. The molecule has 0 aliphatic carbocycles. The van der Waals surface area contributed by atoms with Crippen molar-refractivity contribution in [1.29, 1.82) is 0 Å². The highest BCUT2D eigenvalue weighted by Crippen LogP contribution is 1.91. The molecular formula is C8H16N4O. The van der Waals surface area contributed by atoms with Gasteiger partial charge in [0.2, 0.25) is 0 Å². The predicted molar refractivity (Wildman–Crippen MR) is 49.0 cm³/mol. The van der Waals surface area contributed by atoms with E-state index in [-0.39, 0.29) is 6.10 Å². The molecule has 1 rings (SSSR count). The van der Waals surface area contributed by atoms with Crippen LogP contribution in [0.5, 0.6) is 0 Å². The molecule has 0 saturated carbocycles. The highest BCUT2D eigenvalue weighted by atomic mass is 16.3. The van der Waals surface area contributed by atoms with Gasteiger partial charge >= 0.3 is 0 Å². The largest absolute Gasteiger partial charge is 0.392 e. The van der Waals surface area contributed by atoms with E-state index in [0.29, 0.717) is 13.1 Å². The Bertz CT molecular complexity index is 248. The van der Waals surface area contributed by atoms with Gasteiger partial charge in [0.05, 0.1) is 12.6 Å². The first-order chi connectivity index (χ1) is 6.24. The molecule has 0 aromatic carbocycles. The maximum absolute atomic E-state index is 9.25. The van der Waals surface area contributed by atoms with Gasteiger partial charge in [0.1, 0.15) is 12.2 Å². The molecular weight excluding hydrogens is 168 g/mol. The number of nitrogens with zero attached hydrogens (tertiary/aromatic N) is 3. The van der Waals surface area contributed by atoms with Gasteiger partial charge in [-0.25, -0.2) is 4.98 Å². The van der Waals surface area contributed by atoms with Crippen molar-refractivity contribution in [3.8, 4) is 0 Å². The zero-order chi connectivity index (χ0) is 9.68. The Labute approximate surface area is 77.8 Å². The fourth-order valence-electron chi connectivity index (χ4n) is 0.975. The van der Waals surface area contributed by atoms with Crippen molar-refractivity contribution in [3.05, 3.63) is 12.2 Å². The van der Waals surface area contributed by atoms with Crippen molar-refractivity contribution in [2.45, 2.75) is 26.0 Å². The summed E-state index contributed by atoms with van der Waals surface area (Å²) in [4.78, 5) is 4.05. The number of aromatic nitrogens is 3. The molecule has 0 fully saturated rings. The second kappa shape index (κ2) is 4.94. The summed E-state index contributed by atoms with van der Waals surface area (Å²) in [5.41, 5.74) is 0. The Morgan fingerprint density at radius 1 is 1.69 bits per heavy atom. The Morgan fingerprint density at radius 2 is 2.46 bits per heavy atom. The molecule has 2 N–H and O–H groups in total. The number of rotatable bonds is 5. The fourth-order valence-corrected chi connectivity index (χ4v) is 0.975. The average Bonchev–Trinajstić information content (AvgIpc) is 2.52. The maximum Gasteiger partial charge on any atom is 0.140 e. The third-order valence-corrected chi connectivity index (χ3v) is 1.94. The van der Waals surface area contributed by atoms with E-state index >= 15 is 0 Å². The number of aliphatic hydroxyl groups excluding tert-OH is 1. The van der Waals surface area contributed by atoms with E-state index in [1.54, 1.807) is 4.68 Å². The molecule has 5 heteroatoms. The van der Waals surface area contributed by atoms with Crippen LogP contribution in [0.1, 0.15) is 19.2 Å². The first-order valence-corrected chi connectivity index (χ1v) is 4.45. The molecule has 0 aliphatic heterocycles. The lowest BCUT2D eigenvalue weighted by atomic mass is 10.3. The first-order valence-electron chi connectivity index (χ1n) is 4.45. The zero-order valence-electron chi connectivity index (χ0n) is 8.06. The molecule has 13 heavy (non-hydrogen) atoms. The highest BCUT2D eigenvalue weighted by molar-refractivity contribution is 4.82. The standard InChI is InChI=1S/C8H16N4O/c1-3-7(13)4-9-5-8-10-6-11-12(8)2/h6-7,9,13H,3-5H2,1-2H3. The number of hydrogen-bond donors (Lipinski definition) is 2. The lowest BCUT2D eigenvalue weighted by Gasteiger charge is -2.08. The predicted octanol–water partition coefficient (Wildman–Crippen LogP) is -0.324. The van der Waals surface area contributed by atoms with E-state index in [1.807, 2.05) is 14.0 Å². The van der Waals surface area contributed by atoms with E-state index in [0.717, 1.165) is 12.2 Å². The fraction of sp³-hybridized carbons (Fsp3) is 0.750. The van der Waals surface area contributed by atoms with E-state index in [1.165, 1.54) is 6.33 Å². The van der Waals surface area contributed by atoms with Crippen LogP contribution < -0.4 is 5.32 Å². The summed E-state index contributed by atoms with van der Waals surface area (Å²) >= 11 is 0. The van der Waals surface area contributed by atoms with Crippen LogP contribution in [0, 0.1) is 0 Å². The van der Waals surface area contributed by atoms with Crippen LogP contribution in [0.25, 0.3) is 0 Å². The number of aliphatic hydroxyl groups is 1. The van der Waals surface area contributed by atoms with Crippen LogP contribution in [0.3, 0.4) is 0 Å². The first kappa shape index (κ1) is 10.1. The summed E-state index contributed by atoms with van der Waals surface area (Å²) in [7, 11) is 1.85. The van der Waals surface area contributed by atoms with Crippen molar-refractivity contribution < 1.29 is 5.11 Å². The summed E-state index contributed by atoms with van der Waals surface area (Å²) in [5.74, 6) is 0.878. The van der Waals surface area contributed by atoms with Crippen LogP contribution in [0.4, 0.5) is 0 Å². The van der Waals surface area contributed by atoms with Gasteiger partial charge in [0, 0.05) is 13.6 Å². The maximum atomic E-state index is 9.25. The quantitative estimate of drug-likeness (QED) is 0.658. The molecule has 1 heterocycles. The summed E-state index contributed by atoms with van der Waals surface area (Å²) in [5, 5.41) is 16.3. The summed E-state index contributed by atoms with van der Waals surface area (Å²) in [6, 6.07) is 0. The van der Waals surface area contributed by atoms with E-state index in [4.69, 9.17) is 0 Å². The van der Waals surface area contributed by atoms with Gasteiger partial charge < -0.3 is 10.4 Å². The minimum atomic E-state index is -0.270. The Kier molecular flexibility index (Phi) is 3.85. The minimum absolute atomic E-state index is 0.270. The van der Waals surface area contributed by atoms with E-state index in [9.17, 15) is 5.11 Å². The minimum Gasteiger partial charge on any atom is -0.392 e. The van der Waals surface area contributed by atoms with Gasteiger partial charge in [0.25, 0.3) is 0 Å². The average molecular weight is 184 g/mol. The van der Waals surface area contributed by atoms with Gasteiger partial charge in [-0.3, -0.25) is 4.68 Å². The van der Waals surface area contributed by atoms with Crippen molar-refractivity contribution in [2.75, 3.05) is 6.54 Å². The highest BCUT2D eigenvalue weighted by Gasteiger charge is 2.02. The number of aryl methyl sites for hydroxylation is 1. The van der Waals surface area contributed by atoms with Gasteiger partial charge in [0.15, 0.2) is 0 Å². The number of hydrogen-bond acceptors (Lipinski definition) is 4. The molecule has 0 saturated heterocycles. The van der Waals surface area contributed by atoms with Crippen LogP contribution in [0.2, 0.25) is 0 Å². The van der Waals surface area contributed by atoms with Crippen molar-refractivity contribution in [2.24, 2.45) is 7.05 Å². The van der Waals surface area contributed by atoms with Gasteiger partial charge in [-0.05, 0) is 6.42 Å². The molecule has 1 aromatic heterocycles. The second-order valence-electron chi connectivity index (χ2n) is 2.99. The monoisotopic (exact) mass is 184 g/mol. The molecule has 0 radical (unpaired) electrons. The molecule has 1 aromatic rings. The molecule has 1 unspecified atom stereocenters. The Hall–Kier alpha value is -0.940. The van der Waals surface area contributed by atoms with E-state index < -0.39 is 0 Å². The van der Waals surface area contributed by atoms with Crippen molar-refractivity contribution in [3.63, 3.8) is 0 Å². The topological polar surface area (TPSA) is 63.0 Å².